The Hall–Kier alpha value is -3.71. The van der Waals surface area contributed by atoms with Gasteiger partial charge < -0.3 is 15.0 Å². The van der Waals surface area contributed by atoms with Gasteiger partial charge in [0.2, 0.25) is 11.8 Å². The van der Waals surface area contributed by atoms with E-state index in [4.69, 9.17) is 4.74 Å². The van der Waals surface area contributed by atoms with Crippen molar-refractivity contribution in [3.05, 3.63) is 84.2 Å². The molecule has 2 aromatic carbocycles. The van der Waals surface area contributed by atoms with E-state index in [0.717, 1.165) is 67.3 Å². The topological polar surface area (TPSA) is 74.8 Å². The van der Waals surface area contributed by atoms with Crippen LogP contribution in [0.4, 0.5) is 0 Å². The third-order valence-corrected chi connectivity index (χ3v) is 7.25. The van der Waals surface area contributed by atoms with Gasteiger partial charge in [0.05, 0.1) is 6.42 Å². The van der Waals surface area contributed by atoms with Crippen molar-refractivity contribution in [2.75, 3.05) is 39.3 Å². The van der Waals surface area contributed by atoms with Gasteiger partial charge in [-0.15, -0.1) is 0 Å². The Morgan fingerprint density at radius 1 is 0.895 bits per heavy atom. The summed E-state index contributed by atoms with van der Waals surface area (Å²) in [5.41, 5.74) is 3.87. The maximum atomic E-state index is 12.3. The molecule has 0 unspecified atom stereocenters. The Morgan fingerprint density at radius 3 is 2.32 bits per heavy atom. The normalized spacial score (nSPS) is 15.7. The van der Waals surface area contributed by atoms with Crippen LogP contribution in [0.2, 0.25) is 0 Å². The Morgan fingerprint density at radius 2 is 1.63 bits per heavy atom. The number of nitrogens with zero attached hydrogens (tertiary/aromatic N) is 3. The van der Waals surface area contributed by atoms with E-state index in [9.17, 15) is 9.59 Å². The molecular weight excluding hydrogens is 476 g/mol. The van der Waals surface area contributed by atoms with Crippen LogP contribution in [0.1, 0.15) is 30.5 Å². The maximum absolute atomic E-state index is 12.3. The van der Waals surface area contributed by atoms with Crippen molar-refractivity contribution in [3.63, 3.8) is 0 Å². The Balaban J connectivity index is 1.01. The quantitative estimate of drug-likeness (QED) is 0.421. The fraction of sp³-hybridized carbons (Fsp3) is 0.387. The summed E-state index contributed by atoms with van der Waals surface area (Å²) >= 11 is 0. The van der Waals surface area contributed by atoms with Crippen LogP contribution in [0.3, 0.4) is 0 Å². The molecule has 5 rings (SSSR count). The molecule has 198 valence electrons. The summed E-state index contributed by atoms with van der Waals surface area (Å²) in [7, 11) is 0. The maximum Gasteiger partial charge on any atom is 0.226 e. The number of aromatic nitrogens is 1. The number of amides is 2. The second-order valence-electron chi connectivity index (χ2n) is 10.2. The number of pyridine rings is 1. The average molecular weight is 513 g/mol. The number of benzene rings is 2. The second-order valence-corrected chi connectivity index (χ2v) is 10.2. The third kappa shape index (κ3) is 7.65. The minimum absolute atomic E-state index is 0.0421. The summed E-state index contributed by atoms with van der Waals surface area (Å²) in [5.74, 6) is 1.78. The number of piperazine rings is 1. The standard InChI is InChI=1S/C31H36N4O3/c36-30(33-22-25-4-2-1-3-5-25)21-28-11-8-27(23-32-28)26-9-12-29(13-10-26)38-19-18-34-14-16-35(17-15-34)31(37)20-24-6-7-24/h1-5,8-13,23-24H,6-7,14-22H2,(H,33,36). The van der Waals surface area contributed by atoms with Gasteiger partial charge in [-0.05, 0) is 48.1 Å². The molecule has 1 N–H and O–H groups in total. The number of nitrogens with one attached hydrogen (secondary N) is 1. The first kappa shape index (κ1) is 25.9. The summed E-state index contributed by atoms with van der Waals surface area (Å²) in [6.45, 7) is 5.47. The molecule has 1 aliphatic carbocycles. The fourth-order valence-corrected chi connectivity index (χ4v) is 4.68. The Bertz CT molecular complexity index is 1190. The number of hydrogen-bond acceptors (Lipinski definition) is 5. The molecule has 0 bridgehead atoms. The van der Waals surface area contributed by atoms with E-state index in [1.807, 2.05) is 77.8 Å². The lowest BCUT2D eigenvalue weighted by Gasteiger charge is -2.34. The van der Waals surface area contributed by atoms with E-state index in [0.29, 0.717) is 25.0 Å². The summed E-state index contributed by atoms with van der Waals surface area (Å²) < 4.78 is 5.97. The van der Waals surface area contributed by atoms with Gasteiger partial charge in [0.1, 0.15) is 12.4 Å². The summed E-state index contributed by atoms with van der Waals surface area (Å²) in [6, 6.07) is 21.8. The molecule has 38 heavy (non-hydrogen) atoms. The predicted octanol–water partition coefficient (Wildman–Crippen LogP) is 3.93. The van der Waals surface area contributed by atoms with Crippen molar-refractivity contribution in [2.24, 2.45) is 5.92 Å². The SMILES string of the molecule is O=C(Cc1ccc(-c2ccc(OCCN3CCN(C(=O)CC4CC4)CC3)cc2)cn1)NCc1ccccc1. The molecule has 1 aromatic heterocycles. The van der Waals surface area contributed by atoms with Gasteiger partial charge >= 0.3 is 0 Å². The van der Waals surface area contributed by atoms with Crippen LogP contribution in [-0.4, -0.2) is 65.9 Å². The summed E-state index contributed by atoms with van der Waals surface area (Å²) in [5, 5.41) is 2.94. The largest absolute Gasteiger partial charge is 0.492 e. The van der Waals surface area contributed by atoms with E-state index in [2.05, 4.69) is 15.2 Å². The van der Waals surface area contributed by atoms with Crippen molar-refractivity contribution in [3.8, 4) is 16.9 Å². The molecule has 7 heteroatoms. The van der Waals surface area contributed by atoms with E-state index >= 15 is 0 Å². The minimum Gasteiger partial charge on any atom is -0.492 e. The molecule has 1 saturated carbocycles. The molecule has 0 atom stereocenters. The van der Waals surface area contributed by atoms with Crippen LogP contribution in [0.15, 0.2) is 72.9 Å². The van der Waals surface area contributed by atoms with Crippen LogP contribution < -0.4 is 10.1 Å². The van der Waals surface area contributed by atoms with Crippen molar-refractivity contribution in [1.82, 2.24) is 20.1 Å². The first-order chi connectivity index (χ1) is 18.6. The highest BCUT2D eigenvalue weighted by Crippen LogP contribution is 2.33. The number of carbonyl (C=O) groups excluding carboxylic acids is 2. The minimum atomic E-state index is -0.0421. The summed E-state index contributed by atoms with van der Waals surface area (Å²) in [6.07, 6.45) is 5.26. The monoisotopic (exact) mass is 512 g/mol. The zero-order valence-electron chi connectivity index (χ0n) is 21.9. The molecule has 1 saturated heterocycles. The first-order valence-corrected chi connectivity index (χ1v) is 13.6. The second kappa shape index (κ2) is 12.7. The smallest absolute Gasteiger partial charge is 0.226 e. The lowest BCUT2D eigenvalue weighted by molar-refractivity contribution is -0.133. The third-order valence-electron chi connectivity index (χ3n) is 7.25. The number of carbonyl (C=O) groups is 2. The summed E-state index contributed by atoms with van der Waals surface area (Å²) in [4.78, 5) is 33.4. The van der Waals surface area contributed by atoms with Crippen LogP contribution in [0, 0.1) is 5.92 Å². The van der Waals surface area contributed by atoms with Gasteiger partial charge in [-0.3, -0.25) is 19.5 Å². The van der Waals surface area contributed by atoms with Gasteiger partial charge in [0, 0.05) is 63.1 Å². The highest BCUT2D eigenvalue weighted by Gasteiger charge is 2.28. The number of hydrogen-bond donors (Lipinski definition) is 1. The highest BCUT2D eigenvalue weighted by molar-refractivity contribution is 5.78. The molecule has 0 spiro atoms. The van der Waals surface area contributed by atoms with Crippen molar-refractivity contribution in [1.29, 1.82) is 0 Å². The van der Waals surface area contributed by atoms with Gasteiger partial charge in [-0.25, -0.2) is 0 Å². The molecule has 2 fully saturated rings. The molecule has 2 aliphatic rings. The molecule has 2 amide bonds. The van der Waals surface area contributed by atoms with E-state index in [1.54, 1.807) is 0 Å². The van der Waals surface area contributed by atoms with Gasteiger partial charge in [0.25, 0.3) is 0 Å². The molecule has 2 heterocycles. The van der Waals surface area contributed by atoms with Crippen LogP contribution >= 0.6 is 0 Å². The molecule has 7 nitrogen and oxygen atoms in total. The Labute approximate surface area is 224 Å². The van der Waals surface area contributed by atoms with Crippen molar-refractivity contribution < 1.29 is 14.3 Å². The fourth-order valence-electron chi connectivity index (χ4n) is 4.68. The van der Waals surface area contributed by atoms with Gasteiger partial charge in [0.15, 0.2) is 0 Å². The van der Waals surface area contributed by atoms with E-state index in [1.165, 1.54) is 12.8 Å². The van der Waals surface area contributed by atoms with Crippen molar-refractivity contribution >= 4 is 11.8 Å². The first-order valence-electron chi connectivity index (χ1n) is 13.6. The predicted molar refractivity (Wildman–Crippen MR) is 148 cm³/mol. The van der Waals surface area contributed by atoms with Gasteiger partial charge in [-0.2, -0.15) is 0 Å². The Kier molecular flexibility index (Phi) is 8.66. The van der Waals surface area contributed by atoms with E-state index in [-0.39, 0.29) is 12.3 Å². The lowest BCUT2D eigenvalue weighted by atomic mass is 10.1. The molecular formula is C31H36N4O3. The number of rotatable bonds is 11. The highest BCUT2D eigenvalue weighted by atomic mass is 16.5. The lowest BCUT2D eigenvalue weighted by Crippen LogP contribution is -2.49. The average Bonchev–Trinajstić information content (AvgIpc) is 3.78. The van der Waals surface area contributed by atoms with Gasteiger partial charge in [-0.1, -0.05) is 48.5 Å². The van der Waals surface area contributed by atoms with Crippen molar-refractivity contribution in [2.45, 2.75) is 32.2 Å². The molecule has 1 aliphatic heterocycles. The zero-order chi connectivity index (χ0) is 26.2. The molecule has 0 radical (unpaired) electrons. The number of ether oxygens (including phenoxy) is 1. The van der Waals surface area contributed by atoms with E-state index < -0.39 is 0 Å². The van der Waals surface area contributed by atoms with Crippen LogP contribution in [0.25, 0.3) is 11.1 Å². The van der Waals surface area contributed by atoms with Crippen LogP contribution in [0.5, 0.6) is 5.75 Å². The van der Waals surface area contributed by atoms with Crippen LogP contribution in [-0.2, 0) is 22.6 Å². The zero-order valence-corrected chi connectivity index (χ0v) is 21.9. The molecule has 3 aromatic rings.